The van der Waals surface area contributed by atoms with E-state index in [1.54, 1.807) is 0 Å². The molecule has 0 bridgehead atoms. The Morgan fingerprint density at radius 3 is 2.08 bits per heavy atom. The first-order valence-corrected chi connectivity index (χ1v) is 4.25. The van der Waals surface area contributed by atoms with Gasteiger partial charge in [-0.2, -0.15) is 9.59 Å². The van der Waals surface area contributed by atoms with E-state index < -0.39 is 0 Å². The van der Waals surface area contributed by atoms with E-state index in [2.05, 4.69) is 6.92 Å². The summed E-state index contributed by atoms with van der Waals surface area (Å²) < 4.78 is 0. The van der Waals surface area contributed by atoms with Crippen molar-refractivity contribution < 1.29 is 14.4 Å². The highest BCUT2D eigenvalue weighted by Gasteiger charge is 2.16. The molecule has 0 atom stereocenters. The molecule has 3 nitrogen and oxygen atoms in total. The molecule has 1 rings (SSSR count). The first-order chi connectivity index (χ1) is 5.74. The molecule has 1 fully saturated rings. The molecule has 0 aromatic heterocycles. The van der Waals surface area contributed by atoms with Crippen LogP contribution in [-0.4, -0.2) is 11.9 Å². The lowest BCUT2D eigenvalue weighted by Gasteiger charge is -2.18. The SMILES string of the molecule is CCC1CCC(=O)CC1.O=C=O. The fourth-order valence-corrected chi connectivity index (χ4v) is 1.41. The summed E-state index contributed by atoms with van der Waals surface area (Å²) in [6.45, 7) is 2.21. The second kappa shape index (κ2) is 6.74. The number of carbonyl (C=O) groups is 1. The van der Waals surface area contributed by atoms with Crippen molar-refractivity contribution in [3.05, 3.63) is 0 Å². The van der Waals surface area contributed by atoms with Crippen LogP contribution < -0.4 is 0 Å². The highest BCUT2D eigenvalue weighted by atomic mass is 16.2. The minimum atomic E-state index is 0.250. The predicted octanol–water partition coefficient (Wildman–Crippen LogP) is 1.57. The van der Waals surface area contributed by atoms with E-state index in [9.17, 15) is 4.79 Å². The standard InChI is InChI=1S/C8H14O.CO2/c1-2-7-3-5-8(9)6-4-7;2-1-3/h7H,2-6H2,1H3;. The van der Waals surface area contributed by atoms with Crippen LogP contribution in [0.2, 0.25) is 0 Å². The first-order valence-electron chi connectivity index (χ1n) is 4.25. The molecule has 0 saturated heterocycles. The van der Waals surface area contributed by atoms with Gasteiger partial charge in [0.25, 0.3) is 0 Å². The molecule has 12 heavy (non-hydrogen) atoms. The Bertz CT molecular complexity index is 159. The summed E-state index contributed by atoms with van der Waals surface area (Å²) in [5.41, 5.74) is 0. The number of carbonyl (C=O) groups excluding carboxylic acids is 3. The fraction of sp³-hybridized carbons (Fsp3) is 0.778. The van der Waals surface area contributed by atoms with Gasteiger partial charge in [0.2, 0.25) is 0 Å². The Balaban J connectivity index is 0.000000354. The topological polar surface area (TPSA) is 51.2 Å². The molecule has 0 aromatic carbocycles. The average molecular weight is 170 g/mol. The molecule has 0 unspecified atom stereocenters. The molecule has 0 N–H and O–H groups in total. The van der Waals surface area contributed by atoms with E-state index >= 15 is 0 Å². The van der Waals surface area contributed by atoms with Crippen molar-refractivity contribution in [3.63, 3.8) is 0 Å². The van der Waals surface area contributed by atoms with Gasteiger partial charge in [0, 0.05) is 12.8 Å². The summed E-state index contributed by atoms with van der Waals surface area (Å²) in [4.78, 5) is 27.0. The van der Waals surface area contributed by atoms with Crippen LogP contribution in [0.25, 0.3) is 0 Å². The van der Waals surface area contributed by atoms with Crippen molar-refractivity contribution in [1.82, 2.24) is 0 Å². The molecular weight excluding hydrogens is 156 g/mol. The predicted molar refractivity (Wildman–Crippen MR) is 42.3 cm³/mol. The summed E-state index contributed by atoms with van der Waals surface area (Å²) in [6, 6.07) is 0. The van der Waals surface area contributed by atoms with Crippen molar-refractivity contribution in [3.8, 4) is 0 Å². The zero-order valence-corrected chi connectivity index (χ0v) is 7.34. The Morgan fingerprint density at radius 1 is 1.33 bits per heavy atom. The van der Waals surface area contributed by atoms with E-state index in [1.165, 1.54) is 6.42 Å². The van der Waals surface area contributed by atoms with Gasteiger partial charge in [-0.15, -0.1) is 0 Å². The van der Waals surface area contributed by atoms with Crippen LogP contribution in [0.5, 0.6) is 0 Å². The van der Waals surface area contributed by atoms with E-state index in [4.69, 9.17) is 9.59 Å². The van der Waals surface area contributed by atoms with Crippen LogP contribution in [0.3, 0.4) is 0 Å². The molecule has 0 heterocycles. The lowest BCUT2D eigenvalue weighted by Crippen LogP contribution is -2.12. The number of ketones is 1. The van der Waals surface area contributed by atoms with E-state index in [0.717, 1.165) is 31.6 Å². The minimum Gasteiger partial charge on any atom is -0.300 e. The number of Topliss-reactive ketones (excluding diaryl/α,β-unsaturated/α-hetero) is 1. The molecule has 1 saturated carbocycles. The molecule has 1 aliphatic carbocycles. The molecule has 68 valence electrons. The number of hydrogen-bond donors (Lipinski definition) is 0. The fourth-order valence-electron chi connectivity index (χ4n) is 1.41. The van der Waals surface area contributed by atoms with Gasteiger partial charge >= 0.3 is 6.15 Å². The summed E-state index contributed by atoms with van der Waals surface area (Å²) in [6.07, 6.45) is 5.50. The highest BCUT2D eigenvalue weighted by Crippen LogP contribution is 2.23. The van der Waals surface area contributed by atoms with Gasteiger partial charge in [-0.25, -0.2) is 0 Å². The van der Waals surface area contributed by atoms with Crippen molar-refractivity contribution in [2.75, 3.05) is 0 Å². The van der Waals surface area contributed by atoms with Crippen LogP contribution in [0, 0.1) is 5.92 Å². The maximum Gasteiger partial charge on any atom is 0.373 e. The Kier molecular flexibility index (Phi) is 6.21. The van der Waals surface area contributed by atoms with E-state index in [1.807, 2.05) is 0 Å². The Labute approximate surface area is 72.1 Å². The molecule has 0 radical (unpaired) electrons. The van der Waals surface area contributed by atoms with Gasteiger partial charge in [-0.1, -0.05) is 13.3 Å². The second-order valence-electron chi connectivity index (χ2n) is 2.97. The van der Waals surface area contributed by atoms with Gasteiger partial charge in [0.15, 0.2) is 0 Å². The van der Waals surface area contributed by atoms with Gasteiger partial charge in [-0.05, 0) is 18.8 Å². The molecule has 0 aliphatic heterocycles. The van der Waals surface area contributed by atoms with Crippen molar-refractivity contribution in [1.29, 1.82) is 0 Å². The largest absolute Gasteiger partial charge is 0.373 e. The smallest absolute Gasteiger partial charge is 0.300 e. The lowest BCUT2D eigenvalue weighted by molar-refractivity contribution is -0.191. The maximum atomic E-state index is 10.7. The highest BCUT2D eigenvalue weighted by molar-refractivity contribution is 5.78. The van der Waals surface area contributed by atoms with Crippen molar-refractivity contribution in [2.24, 2.45) is 5.92 Å². The minimum absolute atomic E-state index is 0.250. The molecule has 0 spiro atoms. The van der Waals surface area contributed by atoms with Gasteiger partial charge < -0.3 is 0 Å². The van der Waals surface area contributed by atoms with Crippen molar-refractivity contribution >= 4 is 11.9 Å². The van der Waals surface area contributed by atoms with Crippen LogP contribution in [0.4, 0.5) is 0 Å². The second-order valence-corrected chi connectivity index (χ2v) is 2.97. The average Bonchev–Trinajstić information content (AvgIpc) is 2.07. The van der Waals surface area contributed by atoms with E-state index in [0.29, 0.717) is 5.78 Å². The first kappa shape index (κ1) is 11.1. The summed E-state index contributed by atoms with van der Waals surface area (Å²) >= 11 is 0. The van der Waals surface area contributed by atoms with Crippen molar-refractivity contribution in [2.45, 2.75) is 39.0 Å². The zero-order valence-electron chi connectivity index (χ0n) is 7.34. The van der Waals surface area contributed by atoms with Gasteiger partial charge in [0.1, 0.15) is 5.78 Å². The van der Waals surface area contributed by atoms with E-state index in [-0.39, 0.29) is 6.15 Å². The van der Waals surface area contributed by atoms with Gasteiger partial charge in [-0.3, -0.25) is 4.79 Å². The summed E-state index contributed by atoms with van der Waals surface area (Å²) in [5.74, 6) is 1.32. The summed E-state index contributed by atoms with van der Waals surface area (Å²) in [5, 5.41) is 0. The third kappa shape index (κ3) is 4.80. The Morgan fingerprint density at radius 2 is 1.75 bits per heavy atom. The van der Waals surface area contributed by atoms with Gasteiger partial charge in [0.05, 0.1) is 0 Å². The van der Waals surface area contributed by atoms with Crippen LogP contribution in [0.15, 0.2) is 0 Å². The molecule has 0 amide bonds. The molecule has 3 heteroatoms. The maximum absolute atomic E-state index is 10.7. The van der Waals surface area contributed by atoms with Crippen LogP contribution in [-0.2, 0) is 14.4 Å². The third-order valence-corrected chi connectivity index (χ3v) is 2.24. The lowest BCUT2D eigenvalue weighted by atomic mass is 9.87. The normalized spacial score (nSPS) is 17.6. The number of hydrogen-bond acceptors (Lipinski definition) is 3. The molecule has 1 aliphatic rings. The summed E-state index contributed by atoms with van der Waals surface area (Å²) in [7, 11) is 0. The quantitative estimate of drug-likeness (QED) is 0.600. The Hall–Kier alpha value is -0.950. The molecular formula is C9H14O3. The van der Waals surface area contributed by atoms with Crippen LogP contribution >= 0.6 is 0 Å². The molecule has 0 aromatic rings. The monoisotopic (exact) mass is 170 g/mol. The number of rotatable bonds is 1. The zero-order chi connectivity index (χ0) is 9.40. The third-order valence-electron chi connectivity index (χ3n) is 2.24. The van der Waals surface area contributed by atoms with Crippen LogP contribution in [0.1, 0.15) is 39.0 Å².